The van der Waals surface area contributed by atoms with E-state index in [1.54, 1.807) is 11.1 Å². The molecule has 1 aromatic heterocycles. The molecule has 3 amide bonds. The SMILES string of the molecule is O=C(CN1C(=O)[C@@H](C(=O)N2CCCCC2)Sc2ccccc21)N1CCN(c2ccccn2)CC1. The molecule has 5 rings (SSSR count). The van der Waals surface area contributed by atoms with Crippen LogP contribution in [0.2, 0.25) is 0 Å². The Kier molecular flexibility index (Phi) is 6.71. The van der Waals surface area contributed by atoms with Crippen molar-refractivity contribution < 1.29 is 14.4 Å². The lowest BCUT2D eigenvalue weighted by molar-refractivity contribution is -0.137. The first-order chi connectivity index (χ1) is 16.6. The number of thioether (sulfide) groups is 1. The topological polar surface area (TPSA) is 77.1 Å². The number of hydrogen-bond acceptors (Lipinski definition) is 6. The summed E-state index contributed by atoms with van der Waals surface area (Å²) in [5, 5.41) is -0.832. The van der Waals surface area contributed by atoms with Gasteiger partial charge in [-0.2, -0.15) is 0 Å². The lowest BCUT2D eigenvalue weighted by Gasteiger charge is -2.38. The smallest absolute Gasteiger partial charge is 0.250 e. The van der Waals surface area contributed by atoms with Gasteiger partial charge in [0.1, 0.15) is 12.4 Å². The van der Waals surface area contributed by atoms with Gasteiger partial charge in [0.15, 0.2) is 5.25 Å². The number of aromatic nitrogens is 1. The minimum absolute atomic E-state index is 0.0518. The molecule has 3 aliphatic heterocycles. The van der Waals surface area contributed by atoms with Crippen LogP contribution in [0.3, 0.4) is 0 Å². The second-order valence-electron chi connectivity index (χ2n) is 8.83. The van der Waals surface area contributed by atoms with Crippen molar-refractivity contribution >= 4 is 41.0 Å². The maximum atomic E-state index is 13.5. The van der Waals surface area contributed by atoms with E-state index in [4.69, 9.17) is 0 Å². The van der Waals surface area contributed by atoms with E-state index in [-0.39, 0.29) is 24.3 Å². The fraction of sp³-hybridized carbons (Fsp3) is 0.440. The maximum Gasteiger partial charge on any atom is 0.250 e. The van der Waals surface area contributed by atoms with Crippen LogP contribution >= 0.6 is 11.8 Å². The predicted octanol–water partition coefficient (Wildman–Crippen LogP) is 2.25. The molecule has 0 N–H and O–H groups in total. The van der Waals surface area contributed by atoms with Crippen molar-refractivity contribution in [3.8, 4) is 0 Å². The van der Waals surface area contributed by atoms with E-state index < -0.39 is 5.25 Å². The quantitative estimate of drug-likeness (QED) is 0.626. The number of pyridine rings is 1. The summed E-state index contributed by atoms with van der Waals surface area (Å²) in [5.74, 6) is 0.385. The molecule has 2 saturated heterocycles. The highest BCUT2D eigenvalue weighted by Crippen LogP contribution is 2.40. The Morgan fingerprint density at radius 3 is 2.35 bits per heavy atom. The highest BCUT2D eigenvalue weighted by Gasteiger charge is 2.41. The Morgan fingerprint density at radius 2 is 1.62 bits per heavy atom. The number of nitrogens with zero attached hydrogens (tertiary/aromatic N) is 5. The molecule has 1 atom stereocenters. The summed E-state index contributed by atoms with van der Waals surface area (Å²) in [6.07, 6.45) is 4.83. The average Bonchev–Trinajstić information content (AvgIpc) is 2.90. The number of hydrogen-bond donors (Lipinski definition) is 0. The van der Waals surface area contributed by atoms with Gasteiger partial charge < -0.3 is 19.6 Å². The number of amides is 3. The molecule has 0 saturated carbocycles. The number of piperidine rings is 1. The van der Waals surface area contributed by atoms with E-state index in [0.29, 0.717) is 45.0 Å². The highest BCUT2D eigenvalue weighted by atomic mass is 32.2. The lowest BCUT2D eigenvalue weighted by atomic mass is 10.1. The molecule has 1 aromatic carbocycles. The average molecular weight is 480 g/mol. The third-order valence-electron chi connectivity index (χ3n) is 6.68. The molecule has 0 unspecified atom stereocenters. The molecule has 0 bridgehead atoms. The summed E-state index contributed by atoms with van der Waals surface area (Å²) in [6, 6.07) is 13.4. The van der Waals surface area contributed by atoms with Crippen LogP contribution in [0.1, 0.15) is 19.3 Å². The first kappa shape index (κ1) is 22.7. The summed E-state index contributed by atoms with van der Waals surface area (Å²) in [5.41, 5.74) is 0.709. The van der Waals surface area contributed by atoms with Gasteiger partial charge >= 0.3 is 0 Å². The molecule has 0 aliphatic carbocycles. The molecule has 2 fully saturated rings. The van der Waals surface area contributed by atoms with Gasteiger partial charge in [0, 0.05) is 50.4 Å². The van der Waals surface area contributed by atoms with E-state index in [1.165, 1.54) is 16.7 Å². The van der Waals surface area contributed by atoms with E-state index in [9.17, 15) is 14.4 Å². The Hall–Kier alpha value is -3.07. The van der Waals surface area contributed by atoms with Crippen LogP contribution in [-0.2, 0) is 14.4 Å². The van der Waals surface area contributed by atoms with Gasteiger partial charge in [0.25, 0.3) is 5.91 Å². The van der Waals surface area contributed by atoms with Crippen LogP contribution < -0.4 is 9.80 Å². The van der Waals surface area contributed by atoms with Crippen LogP contribution in [0.5, 0.6) is 0 Å². The van der Waals surface area contributed by atoms with Gasteiger partial charge in [0.05, 0.1) is 5.69 Å². The number of piperazine rings is 1. The van der Waals surface area contributed by atoms with Gasteiger partial charge in [-0.15, -0.1) is 11.8 Å². The number of anilines is 2. The fourth-order valence-electron chi connectivity index (χ4n) is 4.78. The van der Waals surface area contributed by atoms with Gasteiger partial charge in [0.2, 0.25) is 11.8 Å². The van der Waals surface area contributed by atoms with Crippen LogP contribution in [0.25, 0.3) is 0 Å². The van der Waals surface area contributed by atoms with E-state index >= 15 is 0 Å². The molecular weight excluding hydrogens is 450 g/mol. The molecule has 0 spiro atoms. The zero-order chi connectivity index (χ0) is 23.5. The standard InChI is InChI=1S/C25H29N5O3S/c31-22(28-16-14-27(15-17-28)21-10-4-5-11-26-21)18-30-19-8-2-3-9-20(19)34-23(25(30)33)24(32)29-12-6-1-7-13-29/h2-5,8-11,23H,1,6-7,12-18H2/t23-/m1/s1. The number of fused-ring (bicyclic) bond motifs is 1. The van der Waals surface area contributed by atoms with Crippen LogP contribution in [0.4, 0.5) is 11.5 Å². The Bertz CT molecular complexity index is 1050. The number of carbonyl (C=O) groups excluding carboxylic acids is 3. The van der Waals surface area contributed by atoms with Crippen molar-refractivity contribution in [3.05, 3.63) is 48.7 Å². The third-order valence-corrected chi connectivity index (χ3v) is 7.92. The largest absolute Gasteiger partial charge is 0.353 e. The van der Waals surface area contributed by atoms with Crippen LogP contribution in [-0.4, -0.2) is 83.6 Å². The molecule has 3 aliphatic rings. The minimum atomic E-state index is -0.832. The second kappa shape index (κ2) is 10.0. The zero-order valence-electron chi connectivity index (χ0n) is 19.1. The third kappa shape index (κ3) is 4.61. The number of likely N-dealkylation sites (tertiary alicyclic amines) is 1. The van der Waals surface area contributed by atoms with Crippen LogP contribution in [0, 0.1) is 0 Å². The van der Waals surface area contributed by atoms with Crippen molar-refractivity contribution in [1.82, 2.24) is 14.8 Å². The van der Waals surface area contributed by atoms with E-state index in [0.717, 1.165) is 30.0 Å². The molecule has 178 valence electrons. The van der Waals surface area contributed by atoms with Crippen molar-refractivity contribution in [3.63, 3.8) is 0 Å². The molecule has 2 aromatic rings. The summed E-state index contributed by atoms with van der Waals surface area (Å²) in [7, 11) is 0. The van der Waals surface area contributed by atoms with Gasteiger partial charge in [-0.25, -0.2) is 4.98 Å². The Balaban J connectivity index is 1.28. The summed E-state index contributed by atoms with van der Waals surface area (Å²) in [4.78, 5) is 52.5. The van der Waals surface area contributed by atoms with Crippen molar-refractivity contribution in [2.75, 3.05) is 55.6 Å². The molecular formula is C25H29N5O3S. The number of carbonyl (C=O) groups is 3. The van der Waals surface area contributed by atoms with E-state index in [2.05, 4.69) is 9.88 Å². The molecule has 8 nitrogen and oxygen atoms in total. The Morgan fingerprint density at radius 1 is 0.882 bits per heavy atom. The summed E-state index contributed by atoms with van der Waals surface area (Å²) >= 11 is 1.31. The number of benzene rings is 1. The maximum absolute atomic E-state index is 13.5. The highest BCUT2D eigenvalue weighted by molar-refractivity contribution is 8.01. The zero-order valence-corrected chi connectivity index (χ0v) is 20.0. The normalized spacial score (nSPS) is 20.8. The van der Waals surface area contributed by atoms with Crippen molar-refractivity contribution in [2.24, 2.45) is 0 Å². The fourth-order valence-corrected chi connectivity index (χ4v) is 5.97. The molecule has 0 radical (unpaired) electrons. The second-order valence-corrected chi connectivity index (χ2v) is 9.98. The van der Waals surface area contributed by atoms with Crippen LogP contribution in [0.15, 0.2) is 53.6 Å². The minimum Gasteiger partial charge on any atom is -0.353 e. The predicted molar refractivity (Wildman–Crippen MR) is 132 cm³/mol. The van der Waals surface area contributed by atoms with E-state index in [1.807, 2.05) is 47.4 Å². The Labute approximate surface area is 203 Å². The summed E-state index contributed by atoms with van der Waals surface area (Å²) in [6.45, 7) is 3.88. The van der Waals surface area contributed by atoms with Crippen molar-refractivity contribution in [1.29, 1.82) is 0 Å². The lowest BCUT2D eigenvalue weighted by Crippen LogP contribution is -2.55. The molecule has 34 heavy (non-hydrogen) atoms. The molecule has 9 heteroatoms. The summed E-state index contributed by atoms with van der Waals surface area (Å²) < 4.78 is 0. The number of rotatable bonds is 4. The van der Waals surface area contributed by atoms with Gasteiger partial charge in [-0.1, -0.05) is 18.2 Å². The molecule has 4 heterocycles. The number of para-hydroxylation sites is 1. The first-order valence-electron chi connectivity index (χ1n) is 11.9. The first-order valence-corrected chi connectivity index (χ1v) is 12.8. The monoisotopic (exact) mass is 479 g/mol. The van der Waals surface area contributed by atoms with Crippen molar-refractivity contribution in [2.45, 2.75) is 29.4 Å². The van der Waals surface area contributed by atoms with Gasteiger partial charge in [-0.05, 0) is 43.5 Å². The van der Waals surface area contributed by atoms with Gasteiger partial charge in [-0.3, -0.25) is 14.4 Å².